The van der Waals surface area contributed by atoms with Gasteiger partial charge in [0.2, 0.25) is 5.91 Å². The number of benzene rings is 2. The molecule has 0 bridgehead atoms. The molecule has 0 aliphatic heterocycles. The van der Waals surface area contributed by atoms with Crippen molar-refractivity contribution in [3.05, 3.63) is 53.6 Å². The quantitative estimate of drug-likeness (QED) is 0.692. The normalized spacial score (nSPS) is 10.5. The first-order valence-corrected chi connectivity index (χ1v) is 8.98. The summed E-state index contributed by atoms with van der Waals surface area (Å²) in [5.41, 5.74) is 2.20. The predicted molar refractivity (Wildman–Crippen MR) is 109 cm³/mol. The highest BCUT2D eigenvalue weighted by Gasteiger charge is 2.10. The zero-order chi connectivity index (χ0) is 20.5. The number of amides is 2. The summed E-state index contributed by atoms with van der Waals surface area (Å²) in [7, 11) is 6.67. The van der Waals surface area contributed by atoms with Crippen LogP contribution in [0.25, 0.3) is 0 Å². The highest BCUT2D eigenvalue weighted by molar-refractivity contribution is 5.97. The molecule has 0 heterocycles. The number of nitrogens with zero attached hydrogens (tertiary/aromatic N) is 1. The summed E-state index contributed by atoms with van der Waals surface area (Å²) >= 11 is 0. The number of methoxy groups -OCH3 is 2. The standard InChI is InChI=1S/C21H27N3O4/c1-22-21(26)16-6-5-7-17(13-16)23-20(25)14-24(2)11-10-15-8-9-18(27-3)19(12-15)28-4/h5-9,12-13H,10-11,14H2,1-4H3,(H,22,26)(H,23,25). The molecule has 0 aromatic heterocycles. The number of anilines is 1. The van der Waals surface area contributed by atoms with Gasteiger partial charge in [-0.05, 0) is 49.4 Å². The van der Waals surface area contributed by atoms with E-state index in [2.05, 4.69) is 10.6 Å². The van der Waals surface area contributed by atoms with Gasteiger partial charge in [-0.3, -0.25) is 14.5 Å². The van der Waals surface area contributed by atoms with E-state index in [1.165, 1.54) is 0 Å². The molecule has 0 saturated carbocycles. The van der Waals surface area contributed by atoms with Crippen molar-refractivity contribution in [3.63, 3.8) is 0 Å². The summed E-state index contributed by atoms with van der Waals surface area (Å²) in [6, 6.07) is 12.6. The Morgan fingerprint density at radius 1 is 1.04 bits per heavy atom. The first-order chi connectivity index (χ1) is 13.5. The Morgan fingerprint density at radius 2 is 1.79 bits per heavy atom. The summed E-state index contributed by atoms with van der Waals surface area (Å²) in [6.07, 6.45) is 0.774. The van der Waals surface area contributed by atoms with Gasteiger partial charge < -0.3 is 20.1 Å². The molecular formula is C21H27N3O4. The number of hydrogen-bond donors (Lipinski definition) is 2. The van der Waals surface area contributed by atoms with Crippen LogP contribution in [0.1, 0.15) is 15.9 Å². The van der Waals surface area contributed by atoms with Gasteiger partial charge in [0, 0.05) is 24.8 Å². The highest BCUT2D eigenvalue weighted by atomic mass is 16.5. The van der Waals surface area contributed by atoms with E-state index in [9.17, 15) is 9.59 Å². The average molecular weight is 385 g/mol. The molecule has 0 fully saturated rings. The van der Waals surface area contributed by atoms with Crippen LogP contribution in [0.3, 0.4) is 0 Å². The Labute approximate surface area is 165 Å². The molecule has 0 atom stereocenters. The molecule has 0 aliphatic rings. The van der Waals surface area contributed by atoms with E-state index in [0.717, 1.165) is 12.0 Å². The van der Waals surface area contributed by atoms with Crippen molar-refractivity contribution in [1.29, 1.82) is 0 Å². The molecule has 0 radical (unpaired) electrons. The number of carbonyl (C=O) groups excluding carboxylic acids is 2. The molecule has 7 nitrogen and oxygen atoms in total. The van der Waals surface area contributed by atoms with Crippen LogP contribution in [-0.2, 0) is 11.2 Å². The lowest BCUT2D eigenvalue weighted by atomic mass is 10.1. The van der Waals surface area contributed by atoms with Crippen LogP contribution >= 0.6 is 0 Å². The molecule has 0 unspecified atom stereocenters. The van der Waals surface area contributed by atoms with Crippen LogP contribution in [0.5, 0.6) is 11.5 Å². The lowest BCUT2D eigenvalue weighted by Crippen LogP contribution is -2.31. The Kier molecular flexibility index (Phi) is 7.83. The molecule has 150 valence electrons. The van der Waals surface area contributed by atoms with E-state index < -0.39 is 0 Å². The fourth-order valence-corrected chi connectivity index (χ4v) is 2.76. The topological polar surface area (TPSA) is 79.9 Å². The van der Waals surface area contributed by atoms with Crippen molar-refractivity contribution in [1.82, 2.24) is 10.2 Å². The summed E-state index contributed by atoms with van der Waals surface area (Å²) < 4.78 is 10.6. The van der Waals surface area contributed by atoms with E-state index in [4.69, 9.17) is 9.47 Å². The molecule has 0 spiro atoms. The Hall–Kier alpha value is -3.06. The number of ether oxygens (including phenoxy) is 2. The molecule has 0 aliphatic carbocycles. The van der Waals surface area contributed by atoms with Gasteiger partial charge in [0.15, 0.2) is 11.5 Å². The number of nitrogens with one attached hydrogen (secondary N) is 2. The number of hydrogen-bond acceptors (Lipinski definition) is 5. The second-order valence-corrected chi connectivity index (χ2v) is 6.39. The third kappa shape index (κ3) is 5.99. The molecule has 2 amide bonds. The molecule has 2 rings (SSSR count). The largest absolute Gasteiger partial charge is 0.493 e. The molecule has 7 heteroatoms. The predicted octanol–water partition coefficient (Wildman–Crippen LogP) is 2.18. The number of rotatable bonds is 9. The molecule has 2 aromatic rings. The summed E-state index contributed by atoms with van der Waals surface area (Å²) in [6.45, 7) is 0.957. The minimum atomic E-state index is -0.192. The summed E-state index contributed by atoms with van der Waals surface area (Å²) in [4.78, 5) is 25.9. The maximum absolute atomic E-state index is 12.3. The van der Waals surface area contributed by atoms with Crippen LogP contribution in [0, 0.1) is 0 Å². The van der Waals surface area contributed by atoms with Crippen molar-refractivity contribution >= 4 is 17.5 Å². The Balaban J connectivity index is 1.87. The van der Waals surface area contributed by atoms with Crippen LogP contribution < -0.4 is 20.1 Å². The average Bonchev–Trinajstić information content (AvgIpc) is 2.71. The van der Waals surface area contributed by atoms with Gasteiger partial charge in [0.1, 0.15) is 0 Å². The maximum atomic E-state index is 12.3. The number of carbonyl (C=O) groups is 2. The first-order valence-electron chi connectivity index (χ1n) is 8.98. The fourth-order valence-electron chi connectivity index (χ4n) is 2.76. The van der Waals surface area contributed by atoms with Crippen molar-refractivity contribution in [2.75, 3.05) is 46.7 Å². The van der Waals surface area contributed by atoms with Crippen molar-refractivity contribution in [3.8, 4) is 11.5 Å². The van der Waals surface area contributed by atoms with E-state index in [-0.39, 0.29) is 18.4 Å². The zero-order valence-electron chi connectivity index (χ0n) is 16.7. The van der Waals surface area contributed by atoms with Crippen LogP contribution in [0.15, 0.2) is 42.5 Å². The fraction of sp³-hybridized carbons (Fsp3) is 0.333. The van der Waals surface area contributed by atoms with Gasteiger partial charge in [-0.15, -0.1) is 0 Å². The van der Waals surface area contributed by atoms with E-state index >= 15 is 0 Å². The molecule has 2 N–H and O–H groups in total. The van der Waals surface area contributed by atoms with Gasteiger partial charge >= 0.3 is 0 Å². The summed E-state index contributed by atoms with van der Waals surface area (Å²) in [5, 5.41) is 5.39. The molecule has 2 aromatic carbocycles. The molecule has 0 saturated heterocycles. The monoisotopic (exact) mass is 385 g/mol. The van der Waals surface area contributed by atoms with Crippen molar-refractivity contribution in [2.24, 2.45) is 0 Å². The smallest absolute Gasteiger partial charge is 0.251 e. The van der Waals surface area contributed by atoms with Gasteiger partial charge in [-0.1, -0.05) is 12.1 Å². The summed E-state index contributed by atoms with van der Waals surface area (Å²) in [5.74, 6) is 1.06. The maximum Gasteiger partial charge on any atom is 0.251 e. The van der Waals surface area contributed by atoms with Crippen LogP contribution in [0.4, 0.5) is 5.69 Å². The van der Waals surface area contributed by atoms with Gasteiger partial charge in [0.25, 0.3) is 5.91 Å². The highest BCUT2D eigenvalue weighted by Crippen LogP contribution is 2.27. The van der Waals surface area contributed by atoms with E-state index in [1.54, 1.807) is 45.5 Å². The van der Waals surface area contributed by atoms with Crippen LogP contribution in [-0.4, -0.2) is 58.1 Å². The van der Waals surface area contributed by atoms with Gasteiger partial charge in [-0.2, -0.15) is 0 Å². The van der Waals surface area contributed by atoms with Gasteiger partial charge in [-0.25, -0.2) is 0 Å². The number of likely N-dealkylation sites (N-methyl/N-ethyl adjacent to an activating group) is 1. The lowest BCUT2D eigenvalue weighted by molar-refractivity contribution is -0.117. The van der Waals surface area contributed by atoms with E-state index in [1.807, 2.05) is 30.1 Å². The minimum absolute atomic E-state index is 0.135. The second-order valence-electron chi connectivity index (χ2n) is 6.39. The van der Waals surface area contributed by atoms with Crippen molar-refractivity contribution in [2.45, 2.75) is 6.42 Å². The SMILES string of the molecule is CNC(=O)c1cccc(NC(=O)CN(C)CCc2ccc(OC)c(OC)c2)c1. The second kappa shape index (κ2) is 10.3. The first kappa shape index (κ1) is 21.2. The molecule has 28 heavy (non-hydrogen) atoms. The third-order valence-electron chi connectivity index (χ3n) is 4.28. The third-order valence-corrected chi connectivity index (χ3v) is 4.28. The van der Waals surface area contributed by atoms with Gasteiger partial charge in [0.05, 0.1) is 20.8 Å². The van der Waals surface area contributed by atoms with E-state index in [0.29, 0.717) is 29.3 Å². The lowest BCUT2D eigenvalue weighted by Gasteiger charge is -2.17. The molecular weight excluding hydrogens is 358 g/mol. The zero-order valence-corrected chi connectivity index (χ0v) is 16.7. The van der Waals surface area contributed by atoms with Crippen molar-refractivity contribution < 1.29 is 19.1 Å². The minimum Gasteiger partial charge on any atom is -0.493 e. The Morgan fingerprint density at radius 3 is 2.46 bits per heavy atom. The Bertz CT molecular complexity index is 823. The van der Waals surface area contributed by atoms with Crippen LogP contribution in [0.2, 0.25) is 0 Å².